The Bertz CT molecular complexity index is 519. The highest BCUT2D eigenvalue weighted by Gasteiger charge is 2.06. The molecular weight excluding hydrogens is 222 g/mol. The van der Waals surface area contributed by atoms with E-state index in [1.807, 2.05) is 0 Å². The SMILES string of the molecule is Oc1ccc(Cl)c(-c2nc(=S)[nH][nH]2)c1. The Kier molecular flexibility index (Phi) is 2.26. The summed E-state index contributed by atoms with van der Waals surface area (Å²) < 4.78 is 0.347. The summed E-state index contributed by atoms with van der Waals surface area (Å²) in [4.78, 5) is 3.99. The van der Waals surface area contributed by atoms with E-state index >= 15 is 0 Å². The minimum atomic E-state index is 0.131. The van der Waals surface area contributed by atoms with Crippen LogP contribution < -0.4 is 0 Å². The third kappa shape index (κ3) is 1.64. The Hall–Kier alpha value is -1.33. The minimum absolute atomic E-state index is 0.131. The number of phenols is 1. The molecule has 14 heavy (non-hydrogen) atoms. The maximum atomic E-state index is 9.27. The number of aromatic nitrogens is 3. The molecule has 0 saturated heterocycles. The summed E-state index contributed by atoms with van der Waals surface area (Å²) in [7, 11) is 0. The highest BCUT2D eigenvalue weighted by Crippen LogP contribution is 2.28. The zero-order valence-corrected chi connectivity index (χ0v) is 8.49. The predicted octanol–water partition coefficient (Wildman–Crippen LogP) is 2.49. The van der Waals surface area contributed by atoms with E-state index in [1.54, 1.807) is 6.07 Å². The molecule has 72 valence electrons. The van der Waals surface area contributed by atoms with Crippen LogP contribution in [-0.4, -0.2) is 20.3 Å². The maximum Gasteiger partial charge on any atom is 0.213 e. The second kappa shape index (κ2) is 3.43. The average molecular weight is 228 g/mol. The number of aromatic hydroxyl groups is 1. The molecule has 1 aromatic heterocycles. The van der Waals surface area contributed by atoms with Crippen LogP contribution in [0.4, 0.5) is 0 Å². The molecule has 0 unspecified atom stereocenters. The molecule has 2 aromatic rings. The molecule has 6 heteroatoms. The van der Waals surface area contributed by atoms with Gasteiger partial charge in [-0.2, -0.15) is 4.98 Å². The molecule has 0 fully saturated rings. The van der Waals surface area contributed by atoms with Gasteiger partial charge in [0.05, 0.1) is 5.02 Å². The van der Waals surface area contributed by atoms with Crippen LogP contribution in [0.25, 0.3) is 11.4 Å². The van der Waals surface area contributed by atoms with Crippen molar-refractivity contribution in [3.63, 3.8) is 0 Å². The molecule has 1 aromatic carbocycles. The van der Waals surface area contributed by atoms with Gasteiger partial charge in [0.1, 0.15) is 5.75 Å². The molecule has 0 bridgehead atoms. The Morgan fingerprint density at radius 3 is 2.79 bits per heavy atom. The second-order valence-corrected chi connectivity index (χ2v) is 3.47. The Labute approximate surface area is 89.6 Å². The Balaban J connectivity index is 2.61. The molecule has 1 heterocycles. The molecule has 4 nitrogen and oxygen atoms in total. The van der Waals surface area contributed by atoms with Crippen LogP contribution >= 0.6 is 23.8 Å². The van der Waals surface area contributed by atoms with Crippen molar-refractivity contribution in [3.8, 4) is 17.1 Å². The largest absolute Gasteiger partial charge is 0.508 e. The van der Waals surface area contributed by atoms with Gasteiger partial charge >= 0.3 is 0 Å². The fourth-order valence-electron chi connectivity index (χ4n) is 1.09. The first-order valence-electron chi connectivity index (χ1n) is 3.80. The molecule has 0 saturated carbocycles. The number of aromatic amines is 2. The number of nitrogens with zero attached hydrogens (tertiary/aromatic N) is 1. The second-order valence-electron chi connectivity index (χ2n) is 2.68. The van der Waals surface area contributed by atoms with Crippen molar-refractivity contribution in [1.29, 1.82) is 0 Å². The number of rotatable bonds is 1. The fourth-order valence-corrected chi connectivity index (χ4v) is 1.44. The molecule has 0 atom stereocenters. The predicted molar refractivity (Wildman–Crippen MR) is 55.9 cm³/mol. The van der Waals surface area contributed by atoms with Crippen molar-refractivity contribution < 1.29 is 5.11 Å². The lowest BCUT2D eigenvalue weighted by molar-refractivity contribution is 0.475. The zero-order chi connectivity index (χ0) is 10.1. The Morgan fingerprint density at radius 1 is 1.36 bits per heavy atom. The number of phenolic OH excluding ortho intramolecular Hbond substituents is 1. The van der Waals surface area contributed by atoms with Crippen LogP contribution in [0, 0.1) is 4.77 Å². The van der Waals surface area contributed by atoms with Gasteiger partial charge < -0.3 is 5.11 Å². The van der Waals surface area contributed by atoms with Gasteiger partial charge in [-0.1, -0.05) is 11.6 Å². The fraction of sp³-hybridized carbons (Fsp3) is 0. The van der Waals surface area contributed by atoms with E-state index in [0.717, 1.165) is 0 Å². The summed E-state index contributed by atoms with van der Waals surface area (Å²) in [5.74, 6) is 0.641. The minimum Gasteiger partial charge on any atom is -0.508 e. The van der Waals surface area contributed by atoms with Crippen LogP contribution in [0.15, 0.2) is 18.2 Å². The molecular formula is C8H6ClN3OS. The van der Waals surface area contributed by atoms with Crippen molar-refractivity contribution in [1.82, 2.24) is 15.2 Å². The van der Waals surface area contributed by atoms with Crippen molar-refractivity contribution in [2.24, 2.45) is 0 Å². The van der Waals surface area contributed by atoms with Gasteiger partial charge in [-0.05, 0) is 30.4 Å². The molecule has 0 amide bonds. The standard InChI is InChI=1S/C8H6ClN3OS/c9-6-2-1-4(13)3-5(6)7-10-8(14)12-11-7/h1-3,13H,(H2,10,11,12,14). The molecule has 0 aliphatic rings. The molecule has 2 rings (SSSR count). The van der Waals surface area contributed by atoms with E-state index in [-0.39, 0.29) is 5.75 Å². The smallest absolute Gasteiger partial charge is 0.213 e. The van der Waals surface area contributed by atoms with E-state index in [2.05, 4.69) is 15.2 Å². The van der Waals surface area contributed by atoms with Gasteiger partial charge in [-0.3, -0.25) is 10.2 Å². The summed E-state index contributed by atoms with van der Waals surface area (Å²) in [6, 6.07) is 4.62. The summed E-state index contributed by atoms with van der Waals surface area (Å²) >= 11 is 10.7. The lowest BCUT2D eigenvalue weighted by Crippen LogP contribution is -1.82. The monoisotopic (exact) mass is 227 g/mol. The summed E-state index contributed by atoms with van der Waals surface area (Å²) in [5.41, 5.74) is 0.610. The third-order valence-corrected chi connectivity index (χ3v) is 2.23. The lowest BCUT2D eigenvalue weighted by Gasteiger charge is -2.00. The summed E-state index contributed by atoms with van der Waals surface area (Å²) in [6.45, 7) is 0. The topological polar surface area (TPSA) is 64.7 Å². The van der Waals surface area contributed by atoms with Gasteiger partial charge in [0, 0.05) is 5.56 Å². The van der Waals surface area contributed by atoms with Gasteiger partial charge in [-0.15, -0.1) is 0 Å². The normalized spacial score (nSPS) is 10.4. The van der Waals surface area contributed by atoms with Crippen LogP contribution in [0.1, 0.15) is 0 Å². The molecule has 0 radical (unpaired) electrons. The lowest BCUT2D eigenvalue weighted by atomic mass is 10.2. The zero-order valence-electron chi connectivity index (χ0n) is 6.91. The van der Waals surface area contributed by atoms with Gasteiger partial charge in [0.2, 0.25) is 4.77 Å². The van der Waals surface area contributed by atoms with Gasteiger partial charge in [0.25, 0.3) is 0 Å². The van der Waals surface area contributed by atoms with E-state index < -0.39 is 0 Å². The van der Waals surface area contributed by atoms with Crippen LogP contribution in [0.3, 0.4) is 0 Å². The quantitative estimate of drug-likeness (QED) is 0.656. The number of hydrogen-bond donors (Lipinski definition) is 3. The third-order valence-electron chi connectivity index (χ3n) is 1.71. The van der Waals surface area contributed by atoms with Gasteiger partial charge in [-0.25, -0.2) is 0 Å². The van der Waals surface area contributed by atoms with Crippen molar-refractivity contribution in [2.75, 3.05) is 0 Å². The first-order valence-corrected chi connectivity index (χ1v) is 4.59. The first-order chi connectivity index (χ1) is 6.66. The van der Waals surface area contributed by atoms with E-state index in [0.29, 0.717) is 21.2 Å². The van der Waals surface area contributed by atoms with Crippen molar-refractivity contribution >= 4 is 23.8 Å². The number of nitrogens with one attached hydrogen (secondary N) is 2. The first kappa shape index (κ1) is 9.23. The van der Waals surface area contributed by atoms with Crippen LogP contribution in [0.5, 0.6) is 5.75 Å². The number of hydrogen-bond acceptors (Lipinski definition) is 3. The molecule has 0 spiro atoms. The molecule has 0 aliphatic carbocycles. The highest BCUT2D eigenvalue weighted by molar-refractivity contribution is 7.71. The van der Waals surface area contributed by atoms with Crippen molar-refractivity contribution in [2.45, 2.75) is 0 Å². The number of H-pyrrole nitrogens is 2. The van der Waals surface area contributed by atoms with E-state index in [4.69, 9.17) is 23.8 Å². The maximum absolute atomic E-state index is 9.27. The summed E-state index contributed by atoms with van der Waals surface area (Å²) in [6.07, 6.45) is 0. The number of halogens is 1. The van der Waals surface area contributed by atoms with Gasteiger partial charge in [0.15, 0.2) is 5.82 Å². The Morgan fingerprint density at radius 2 is 2.14 bits per heavy atom. The average Bonchev–Trinajstić information content (AvgIpc) is 2.56. The van der Waals surface area contributed by atoms with E-state index in [1.165, 1.54) is 12.1 Å². The van der Waals surface area contributed by atoms with E-state index in [9.17, 15) is 5.11 Å². The molecule has 0 aliphatic heterocycles. The highest BCUT2D eigenvalue weighted by atomic mass is 35.5. The van der Waals surface area contributed by atoms with Crippen molar-refractivity contribution in [3.05, 3.63) is 28.0 Å². The summed E-state index contributed by atoms with van der Waals surface area (Å²) in [5, 5.41) is 15.2. The molecule has 3 N–H and O–H groups in total. The van der Waals surface area contributed by atoms with Crippen LogP contribution in [-0.2, 0) is 0 Å². The van der Waals surface area contributed by atoms with Crippen LogP contribution in [0.2, 0.25) is 5.02 Å². The number of benzene rings is 1.